The summed E-state index contributed by atoms with van der Waals surface area (Å²) >= 11 is 1.81. The molecule has 1 fully saturated rings. The van der Waals surface area contributed by atoms with Gasteiger partial charge >= 0.3 is 0 Å². The Morgan fingerprint density at radius 3 is 2.14 bits per heavy atom. The summed E-state index contributed by atoms with van der Waals surface area (Å²) in [6.45, 7) is 3.63. The maximum atomic E-state index is 13.6. The Balaban J connectivity index is 1.54. The van der Waals surface area contributed by atoms with E-state index in [1.54, 1.807) is 12.3 Å². The zero-order chi connectivity index (χ0) is 23.9. The van der Waals surface area contributed by atoms with Crippen LogP contribution in [0.1, 0.15) is 40.7 Å². The van der Waals surface area contributed by atoms with Crippen molar-refractivity contribution in [1.29, 1.82) is 0 Å². The predicted octanol–water partition coefficient (Wildman–Crippen LogP) is 5.28. The van der Waals surface area contributed by atoms with Gasteiger partial charge in [0, 0.05) is 35.3 Å². The van der Waals surface area contributed by atoms with Gasteiger partial charge in [0.25, 0.3) is 5.91 Å². The van der Waals surface area contributed by atoms with Crippen LogP contribution in [0.3, 0.4) is 0 Å². The highest BCUT2D eigenvalue weighted by Gasteiger charge is 2.61. The number of rotatable bonds is 4. The van der Waals surface area contributed by atoms with E-state index in [1.165, 1.54) is 20.9 Å². The Bertz CT molecular complexity index is 1330. The third-order valence-corrected chi connectivity index (χ3v) is 8.62. The molecule has 1 unspecified atom stereocenters. The molecule has 1 saturated heterocycles. The Morgan fingerprint density at radius 1 is 0.886 bits per heavy atom. The van der Waals surface area contributed by atoms with Gasteiger partial charge in [-0.15, -0.1) is 0 Å². The maximum absolute atomic E-state index is 13.6. The smallest absolute Gasteiger partial charge is 0.271 e. The molecule has 2 aromatic carbocycles. The first-order valence-electron chi connectivity index (χ1n) is 11.9. The monoisotopic (exact) mass is 478 g/mol. The molecule has 174 valence electrons. The predicted molar refractivity (Wildman–Crippen MR) is 137 cm³/mol. The number of carbonyl (C=O) groups is 1. The highest BCUT2D eigenvalue weighted by Crippen LogP contribution is 2.59. The third kappa shape index (κ3) is 3.48. The fourth-order valence-corrected chi connectivity index (χ4v) is 7.04. The van der Waals surface area contributed by atoms with E-state index in [0.717, 1.165) is 18.7 Å². The first-order valence-corrected chi connectivity index (χ1v) is 12.7. The minimum absolute atomic E-state index is 0.173. The fraction of sp³-hybridized carbons (Fsp3) is 0.207. The fourth-order valence-electron chi connectivity index (χ4n) is 5.81. The molecule has 2 aliphatic heterocycles. The second kappa shape index (κ2) is 8.63. The second-order valence-electron chi connectivity index (χ2n) is 9.23. The molecule has 4 aromatic rings. The number of fused-ring (bicyclic) bond motifs is 4. The quantitative estimate of drug-likeness (QED) is 0.433. The molecule has 5 nitrogen and oxygen atoms in total. The van der Waals surface area contributed by atoms with Crippen molar-refractivity contribution in [2.75, 3.05) is 6.54 Å². The van der Waals surface area contributed by atoms with Crippen molar-refractivity contribution in [2.45, 2.75) is 40.8 Å². The zero-order valence-electron chi connectivity index (χ0n) is 19.5. The average molecular weight is 479 g/mol. The van der Waals surface area contributed by atoms with Crippen LogP contribution in [0.5, 0.6) is 0 Å². The Morgan fingerprint density at radius 2 is 1.51 bits per heavy atom. The standard InChI is InChI=1S/C29H26N4OS/c1-28(32-27(34)24-13-7-9-18-31-24)29(16-19-33(28)20-21-10-6-8-17-30-21)22-11-2-4-14-25(22)35-26-15-5-3-12-23(26)29/h2-15,17-18H,16,19-20H2,1H3,(H,32,34). The summed E-state index contributed by atoms with van der Waals surface area (Å²) in [4.78, 5) is 27.4. The van der Waals surface area contributed by atoms with Crippen molar-refractivity contribution in [3.8, 4) is 0 Å². The van der Waals surface area contributed by atoms with Crippen molar-refractivity contribution < 1.29 is 4.79 Å². The SMILES string of the molecule is CC1(NC(=O)c2ccccn2)N(Cc2ccccn2)CCC12c1ccccc1Sc1ccccc12. The van der Waals surface area contributed by atoms with Crippen LogP contribution in [0.4, 0.5) is 0 Å². The topological polar surface area (TPSA) is 58.1 Å². The van der Waals surface area contributed by atoms with Gasteiger partial charge in [0.2, 0.25) is 0 Å². The second-order valence-corrected chi connectivity index (χ2v) is 10.3. The highest BCUT2D eigenvalue weighted by atomic mass is 32.2. The van der Waals surface area contributed by atoms with Gasteiger partial charge in [-0.05, 0) is 60.9 Å². The molecule has 6 heteroatoms. The number of hydrogen-bond acceptors (Lipinski definition) is 5. The molecule has 0 saturated carbocycles. The molecule has 0 aliphatic carbocycles. The minimum Gasteiger partial charge on any atom is -0.331 e. The highest BCUT2D eigenvalue weighted by molar-refractivity contribution is 7.99. The van der Waals surface area contributed by atoms with Crippen LogP contribution in [-0.4, -0.2) is 33.0 Å². The molecule has 0 radical (unpaired) electrons. The van der Waals surface area contributed by atoms with Gasteiger partial charge in [0.1, 0.15) is 11.4 Å². The molecule has 2 aromatic heterocycles. The summed E-state index contributed by atoms with van der Waals surface area (Å²) in [7, 11) is 0. The first kappa shape index (κ1) is 22.0. The van der Waals surface area contributed by atoms with E-state index in [9.17, 15) is 4.79 Å². The molecular formula is C29H26N4OS. The third-order valence-electron chi connectivity index (χ3n) is 7.47. The molecule has 1 amide bonds. The molecular weight excluding hydrogens is 452 g/mol. The van der Waals surface area contributed by atoms with Crippen LogP contribution < -0.4 is 5.32 Å². The van der Waals surface area contributed by atoms with Crippen LogP contribution in [0.15, 0.2) is 107 Å². The van der Waals surface area contributed by atoms with Gasteiger partial charge in [-0.25, -0.2) is 0 Å². The Labute approximate surface area is 209 Å². The van der Waals surface area contributed by atoms with Gasteiger partial charge in [0.05, 0.1) is 11.1 Å². The molecule has 1 N–H and O–H groups in total. The van der Waals surface area contributed by atoms with E-state index in [4.69, 9.17) is 0 Å². The molecule has 1 atom stereocenters. The van der Waals surface area contributed by atoms with E-state index >= 15 is 0 Å². The van der Waals surface area contributed by atoms with Crippen LogP contribution >= 0.6 is 11.8 Å². The lowest BCUT2D eigenvalue weighted by atomic mass is 9.65. The van der Waals surface area contributed by atoms with Crippen molar-refractivity contribution in [2.24, 2.45) is 0 Å². The number of amides is 1. The van der Waals surface area contributed by atoms with Crippen molar-refractivity contribution in [3.05, 3.63) is 120 Å². The molecule has 1 spiro atoms. The molecule has 0 bridgehead atoms. The Hall–Kier alpha value is -3.48. The summed E-state index contributed by atoms with van der Waals surface area (Å²) in [5.41, 5.74) is 2.78. The molecule has 35 heavy (non-hydrogen) atoms. The lowest BCUT2D eigenvalue weighted by Gasteiger charge is -2.51. The number of hydrogen-bond donors (Lipinski definition) is 1. The van der Waals surface area contributed by atoms with Gasteiger partial charge in [-0.2, -0.15) is 0 Å². The number of pyridine rings is 2. The van der Waals surface area contributed by atoms with E-state index in [0.29, 0.717) is 12.2 Å². The summed E-state index contributed by atoms with van der Waals surface area (Å²) in [5, 5.41) is 3.47. The number of nitrogens with zero attached hydrogens (tertiary/aromatic N) is 3. The zero-order valence-corrected chi connectivity index (χ0v) is 20.3. The van der Waals surface area contributed by atoms with E-state index in [2.05, 4.69) is 75.6 Å². The summed E-state index contributed by atoms with van der Waals surface area (Å²) in [6, 6.07) is 28.7. The summed E-state index contributed by atoms with van der Waals surface area (Å²) in [6.07, 6.45) is 4.37. The van der Waals surface area contributed by atoms with Gasteiger partial charge in [-0.3, -0.25) is 19.7 Å². The van der Waals surface area contributed by atoms with Gasteiger partial charge in [-0.1, -0.05) is 60.3 Å². The van der Waals surface area contributed by atoms with E-state index in [1.807, 2.05) is 48.3 Å². The maximum Gasteiger partial charge on any atom is 0.271 e. The van der Waals surface area contributed by atoms with Crippen LogP contribution in [0, 0.1) is 0 Å². The van der Waals surface area contributed by atoms with E-state index in [-0.39, 0.29) is 5.91 Å². The van der Waals surface area contributed by atoms with Crippen molar-refractivity contribution in [1.82, 2.24) is 20.2 Å². The lowest BCUT2D eigenvalue weighted by molar-refractivity contribution is 0.0512. The number of carbonyl (C=O) groups excluding carboxylic acids is 1. The number of benzene rings is 2. The van der Waals surface area contributed by atoms with Crippen LogP contribution in [-0.2, 0) is 12.0 Å². The summed E-state index contributed by atoms with van der Waals surface area (Å²) in [5.74, 6) is -0.173. The largest absolute Gasteiger partial charge is 0.331 e. The van der Waals surface area contributed by atoms with Crippen molar-refractivity contribution >= 4 is 17.7 Å². The van der Waals surface area contributed by atoms with Gasteiger partial charge < -0.3 is 5.32 Å². The number of nitrogens with one attached hydrogen (secondary N) is 1. The number of aromatic nitrogens is 2. The number of likely N-dealkylation sites (tertiary alicyclic amines) is 1. The summed E-state index contributed by atoms with van der Waals surface area (Å²) < 4.78 is 0. The molecule has 6 rings (SSSR count). The minimum atomic E-state index is -0.716. The van der Waals surface area contributed by atoms with Crippen molar-refractivity contribution in [3.63, 3.8) is 0 Å². The van der Waals surface area contributed by atoms with Crippen LogP contribution in [0.2, 0.25) is 0 Å². The molecule has 4 heterocycles. The Kier molecular flexibility index (Phi) is 5.43. The van der Waals surface area contributed by atoms with E-state index < -0.39 is 11.1 Å². The lowest BCUT2D eigenvalue weighted by Crippen LogP contribution is -2.65. The normalized spacial score (nSPS) is 20.3. The first-order chi connectivity index (χ1) is 17.1. The van der Waals surface area contributed by atoms with Crippen LogP contribution in [0.25, 0.3) is 0 Å². The average Bonchev–Trinajstić information content (AvgIpc) is 3.17. The molecule has 2 aliphatic rings. The van der Waals surface area contributed by atoms with Gasteiger partial charge in [0.15, 0.2) is 0 Å².